The van der Waals surface area contributed by atoms with Gasteiger partial charge in [0.2, 0.25) is 11.7 Å². The Bertz CT molecular complexity index is 1090. The second-order valence-electron chi connectivity index (χ2n) is 6.93. The number of benzene rings is 2. The summed E-state index contributed by atoms with van der Waals surface area (Å²) in [5, 5.41) is 4.63. The second-order valence-corrected chi connectivity index (χ2v) is 7.74. The minimum absolute atomic E-state index is 0.0764. The molecule has 0 N–H and O–H groups in total. The van der Waals surface area contributed by atoms with Gasteiger partial charge >= 0.3 is 0 Å². The maximum absolute atomic E-state index is 12.8. The van der Waals surface area contributed by atoms with Crippen LogP contribution in [-0.2, 0) is 0 Å². The maximum Gasteiger partial charge on any atom is 0.254 e. The van der Waals surface area contributed by atoms with Crippen LogP contribution in [0.3, 0.4) is 0 Å². The molecule has 1 aliphatic heterocycles. The fourth-order valence-electron chi connectivity index (χ4n) is 3.29. The highest BCUT2D eigenvalue weighted by molar-refractivity contribution is 6.42. The summed E-state index contributed by atoms with van der Waals surface area (Å²) in [6, 6.07) is 11.9. The molecule has 30 heavy (non-hydrogen) atoms. The molecule has 7 nitrogen and oxygen atoms in total. The Balaban J connectivity index is 1.38. The Labute approximate surface area is 183 Å². The molecule has 2 heterocycles. The molecule has 1 aromatic heterocycles. The highest BCUT2D eigenvalue weighted by Crippen LogP contribution is 2.24. The highest BCUT2D eigenvalue weighted by Gasteiger charge is 2.26. The largest absolute Gasteiger partial charge is 0.339 e. The summed E-state index contributed by atoms with van der Waals surface area (Å²) >= 11 is 11.9. The molecule has 1 fully saturated rings. The van der Waals surface area contributed by atoms with Gasteiger partial charge in [-0.15, -0.1) is 0 Å². The van der Waals surface area contributed by atoms with Gasteiger partial charge in [0.05, 0.1) is 10.0 Å². The van der Waals surface area contributed by atoms with Crippen molar-refractivity contribution >= 4 is 35.0 Å². The topological polar surface area (TPSA) is 79.5 Å². The molecule has 1 aliphatic rings. The highest BCUT2D eigenvalue weighted by atomic mass is 35.5. The Morgan fingerprint density at radius 1 is 0.867 bits per heavy atom. The minimum atomic E-state index is -0.125. The zero-order valence-electron chi connectivity index (χ0n) is 16.1. The standard InChI is InChI=1S/C21H18Cl2N4O3/c1-13-24-19(25-30-13)14-2-4-15(5-3-14)20(28)26-8-10-27(11-9-26)21(29)16-6-7-17(22)18(23)12-16/h2-7,12H,8-11H2,1H3. The van der Waals surface area contributed by atoms with E-state index in [4.69, 9.17) is 27.7 Å². The fraction of sp³-hybridized carbons (Fsp3) is 0.238. The van der Waals surface area contributed by atoms with Crippen molar-refractivity contribution < 1.29 is 14.1 Å². The third-order valence-corrected chi connectivity index (χ3v) is 5.68. The van der Waals surface area contributed by atoms with Crippen LogP contribution in [0, 0.1) is 6.92 Å². The average molecular weight is 445 g/mol. The zero-order chi connectivity index (χ0) is 21.3. The van der Waals surface area contributed by atoms with Crippen LogP contribution in [0.15, 0.2) is 47.0 Å². The number of carbonyl (C=O) groups is 2. The van der Waals surface area contributed by atoms with Gasteiger partial charge < -0.3 is 14.3 Å². The molecule has 4 rings (SSSR count). The number of amides is 2. The van der Waals surface area contributed by atoms with E-state index in [-0.39, 0.29) is 11.8 Å². The lowest BCUT2D eigenvalue weighted by molar-refractivity contribution is 0.0535. The SMILES string of the molecule is Cc1nc(-c2ccc(C(=O)N3CCN(C(=O)c4ccc(Cl)c(Cl)c4)CC3)cc2)no1. The number of hydrogen-bond donors (Lipinski definition) is 0. The molecule has 0 radical (unpaired) electrons. The van der Waals surface area contributed by atoms with E-state index in [1.54, 1.807) is 59.2 Å². The van der Waals surface area contributed by atoms with E-state index in [2.05, 4.69) is 10.1 Å². The molecule has 9 heteroatoms. The fourth-order valence-corrected chi connectivity index (χ4v) is 3.58. The number of hydrogen-bond acceptors (Lipinski definition) is 5. The van der Waals surface area contributed by atoms with Crippen molar-refractivity contribution in [1.82, 2.24) is 19.9 Å². The van der Waals surface area contributed by atoms with Crippen LogP contribution in [0.25, 0.3) is 11.4 Å². The van der Waals surface area contributed by atoms with Gasteiger partial charge in [0.15, 0.2) is 0 Å². The monoisotopic (exact) mass is 444 g/mol. The van der Waals surface area contributed by atoms with Crippen LogP contribution in [0.1, 0.15) is 26.6 Å². The summed E-state index contributed by atoms with van der Waals surface area (Å²) in [6.07, 6.45) is 0. The summed E-state index contributed by atoms with van der Waals surface area (Å²) in [4.78, 5) is 33.1. The van der Waals surface area contributed by atoms with Crippen molar-refractivity contribution in [3.05, 3.63) is 69.5 Å². The van der Waals surface area contributed by atoms with Gasteiger partial charge in [-0.25, -0.2) is 0 Å². The predicted molar refractivity (Wildman–Crippen MR) is 113 cm³/mol. The van der Waals surface area contributed by atoms with Crippen molar-refractivity contribution in [2.75, 3.05) is 26.2 Å². The zero-order valence-corrected chi connectivity index (χ0v) is 17.7. The van der Waals surface area contributed by atoms with E-state index in [1.807, 2.05) is 0 Å². The number of piperazine rings is 1. The van der Waals surface area contributed by atoms with Crippen molar-refractivity contribution in [1.29, 1.82) is 0 Å². The van der Waals surface area contributed by atoms with Gasteiger partial charge in [0.25, 0.3) is 11.8 Å². The first-order valence-corrected chi connectivity index (χ1v) is 10.1. The summed E-state index contributed by atoms with van der Waals surface area (Å²) in [5.41, 5.74) is 1.83. The van der Waals surface area contributed by atoms with Gasteiger partial charge in [0.1, 0.15) is 0 Å². The molecule has 0 saturated carbocycles. The molecule has 1 saturated heterocycles. The van der Waals surface area contributed by atoms with E-state index < -0.39 is 0 Å². The minimum Gasteiger partial charge on any atom is -0.339 e. The number of halogens is 2. The third kappa shape index (κ3) is 4.17. The Morgan fingerprint density at radius 3 is 1.97 bits per heavy atom. The van der Waals surface area contributed by atoms with E-state index in [0.29, 0.717) is 59.1 Å². The van der Waals surface area contributed by atoms with Gasteiger partial charge in [-0.05, 0) is 30.3 Å². The van der Waals surface area contributed by atoms with E-state index in [0.717, 1.165) is 5.56 Å². The first kappa shape index (κ1) is 20.4. The maximum atomic E-state index is 12.8. The van der Waals surface area contributed by atoms with Crippen LogP contribution in [0.5, 0.6) is 0 Å². The van der Waals surface area contributed by atoms with Gasteiger partial charge in [-0.3, -0.25) is 9.59 Å². The van der Waals surface area contributed by atoms with E-state index in [1.165, 1.54) is 0 Å². The molecule has 154 valence electrons. The quantitative estimate of drug-likeness (QED) is 0.610. The third-order valence-electron chi connectivity index (χ3n) is 4.94. The lowest BCUT2D eigenvalue weighted by Crippen LogP contribution is -2.50. The lowest BCUT2D eigenvalue weighted by Gasteiger charge is -2.35. The van der Waals surface area contributed by atoms with Crippen LogP contribution in [0.4, 0.5) is 0 Å². The van der Waals surface area contributed by atoms with Crippen LogP contribution in [0.2, 0.25) is 10.0 Å². The average Bonchev–Trinajstić information content (AvgIpc) is 3.21. The Morgan fingerprint density at radius 2 is 1.43 bits per heavy atom. The molecule has 0 aliphatic carbocycles. The number of aromatic nitrogens is 2. The number of carbonyl (C=O) groups excluding carboxylic acids is 2. The van der Waals surface area contributed by atoms with Gasteiger partial charge in [-0.1, -0.05) is 40.5 Å². The summed E-state index contributed by atoms with van der Waals surface area (Å²) in [6.45, 7) is 3.53. The summed E-state index contributed by atoms with van der Waals surface area (Å²) in [7, 11) is 0. The lowest BCUT2D eigenvalue weighted by atomic mass is 10.1. The molecular weight excluding hydrogens is 427 g/mol. The first-order valence-electron chi connectivity index (χ1n) is 9.37. The number of rotatable bonds is 3. The van der Waals surface area contributed by atoms with E-state index >= 15 is 0 Å². The molecule has 3 aromatic rings. The first-order chi connectivity index (χ1) is 14.4. The number of nitrogens with zero attached hydrogens (tertiary/aromatic N) is 4. The van der Waals surface area contributed by atoms with Crippen molar-refractivity contribution in [2.45, 2.75) is 6.92 Å². The van der Waals surface area contributed by atoms with Gasteiger partial charge in [0, 0.05) is 49.8 Å². The molecule has 0 spiro atoms. The molecule has 2 aromatic carbocycles. The Hall–Kier alpha value is -2.90. The van der Waals surface area contributed by atoms with Gasteiger partial charge in [-0.2, -0.15) is 4.98 Å². The summed E-state index contributed by atoms with van der Waals surface area (Å²) in [5.74, 6) is 0.771. The molecule has 0 unspecified atom stereocenters. The predicted octanol–water partition coefficient (Wildman–Crippen LogP) is 3.95. The van der Waals surface area contributed by atoms with Crippen molar-refractivity contribution in [3.8, 4) is 11.4 Å². The summed E-state index contributed by atoms with van der Waals surface area (Å²) < 4.78 is 4.98. The van der Waals surface area contributed by atoms with Crippen LogP contribution in [-0.4, -0.2) is 57.9 Å². The van der Waals surface area contributed by atoms with Crippen LogP contribution >= 0.6 is 23.2 Å². The van der Waals surface area contributed by atoms with E-state index in [9.17, 15) is 9.59 Å². The van der Waals surface area contributed by atoms with Crippen molar-refractivity contribution in [3.63, 3.8) is 0 Å². The smallest absolute Gasteiger partial charge is 0.254 e. The number of aryl methyl sites for hydroxylation is 1. The molecule has 0 atom stereocenters. The molecule has 0 bridgehead atoms. The normalized spacial score (nSPS) is 14.1. The second kappa shape index (κ2) is 8.45. The molecule has 2 amide bonds. The Kier molecular flexibility index (Phi) is 5.74. The molecular formula is C21H18Cl2N4O3. The van der Waals surface area contributed by atoms with Crippen molar-refractivity contribution in [2.24, 2.45) is 0 Å². The van der Waals surface area contributed by atoms with Crippen LogP contribution < -0.4 is 0 Å².